The summed E-state index contributed by atoms with van der Waals surface area (Å²) in [7, 11) is 0. The molecule has 34 heavy (non-hydrogen) atoms. The van der Waals surface area contributed by atoms with Gasteiger partial charge in [-0.2, -0.15) is 0 Å². The monoisotopic (exact) mass is 468 g/mol. The van der Waals surface area contributed by atoms with E-state index in [2.05, 4.69) is 32.3 Å². The number of halogens is 1. The van der Waals surface area contributed by atoms with Gasteiger partial charge in [-0.25, -0.2) is 9.37 Å². The molecule has 6 heteroatoms. The number of pyridine rings is 1. The van der Waals surface area contributed by atoms with E-state index in [4.69, 9.17) is 0 Å². The molecule has 0 radical (unpaired) electrons. The van der Waals surface area contributed by atoms with Crippen LogP contribution in [0.3, 0.4) is 0 Å². The van der Waals surface area contributed by atoms with Gasteiger partial charge in [0.2, 0.25) is 0 Å². The molecule has 6 rings (SSSR count). The molecule has 3 heterocycles. The highest BCUT2D eigenvalue weighted by atomic mass is 32.1. The Balaban J connectivity index is 1.35. The maximum Gasteiger partial charge on any atom is 0.131 e. The Bertz CT molecular complexity index is 1470. The summed E-state index contributed by atoms with van der Waals surface area (Å²) in [5, 5.41) is 4.47. The summed E-state index contributed by atoms with van der Waals surface area (Å²) in [5.74, 6) is -0.200. The van der Waals surface area contributed by atoms with E-state index in [-0.39, 0.29) is 5.82 Å². The first kappa shape index (κ1) is 21.2. The molecule has 2 aromatic heterocycles. The number of rotatable bonds is 5. The number of likely N-dealkylation sites (tertiary alicyclic amines) is 1. The van der Waals surface area contributed by atoms with Crippen LogP contribution in [0.15, 0.2) is 72.4 Å². The molecule has 0 saturated carbocycles. The molecule has 1 aliphatic rings. The van der Waals surface area contributed by atoms with E-state index in [1.807, 2.05) is 48.0 Å². The number of benzene rings is 3. The zero-order valence-corrected chi connectivity index (χ0v) is 19.6. The lowest BCUT2D eigenvalue weighted by molar-refractivity contribution is 0.221. The van der Waals surface area contributed by atoms with Crippen LogP contribution in [-0.2, 0) is 6.54 Å². The molecule has 0 aliphatic carbocycles. The first-order valence-electron chi connectivity index (χ1n) is 11.7. The number of anilines is 2. The van der Waals surface area contributed by atoms with Crippen molar-refractivity contribution in [1.82, 2.24) is 14.9 Å². The van der Waals surface area contributed by atoms with Crippen molar-refractivity contribution in [2.45, 2.75) is 25.8 Å². The normalized spacial score (nSPS) is 14.6. The number of thiazole rings is 1. The minimum Gasteiger partial charge on any atom is -0.355 e. The molecular weight excluding hydrogens is 443 g/mol. The summed E-state index contributed by atoms with van der Waals surface area (Å²) in [4.78, 5) is 11.4. The highest BCUT2D eigenvalue weighted by Gasteiger charge is 2.14. The first-order valence-corrected chi connectivity index (χ1v) is 12.6. The van der Waals surface area contributed by atoms with Gasteiger partial charge in [0.15, 0.2) is 0 Å². The van der Waals surface area contributed by atoms with Gasteiger partial charge in [0.25, 0.3) is 0 Å². The smallest absolute Gasteiger partial charge is 0.131 e. The second kappa shape index (κ2) is 9.12. The minimum absolute atomic E-state index is 0.200. The third-order valence-electron chi connectivity index (χ3n) is 6.55. The SMILES string of the molecule is Fc1ccc(CN2CCCCC2)cc1-c1ccc2nccc(Nc3ccc4scnc4c3)c2c1. The van der Waals surface area contributed by atoms with Crippen LogP contribution in [-0.4, -0.2) is 28.0 Å². The summed E-state index contributed by atoms with van der Waals surface area (Å²) < 4.78 is 16.1. The van der Waals surface area contributed by atoms with Crippen LogP contribution < -0.4 is 5.32 Å². The van der Waals surface area contributed by atoms with Gasteiger partial charge in [-0.1, -0.05) is 18.6 Å². The van der Waals surface area contributed by atoms with Crippen LogP contribution in [0.2, 0.25) is 0 Å². The third-order valence-corrected chi connectivity index (χ3v) is 7.36. The lowest BCUT2D eigenvalue weighted by Crippen LogP contribution is -2.29. The van der Waals surface area contributed by atoms with Crippen LogP contribution in [0.1, 0.15) is 24.8 Å². The van der Waals surface area contributed by atoms with Gasteiger partial charge < -0.3 is 5.32 Å². The van der Waals surface area contributed by atoms with E-state index in [1.165, 1.54) is 19.3 Å². The molecule has 0 amide bonds. The van der Waals surface area contributed by atoms with E-state index in [0.29, 0.717) is 5.56 Å². The predicted molar refractivity (Wildman–Crippen MR) is 139 cm³/mol. The Morgan fingerprint density at radius 2 is 1.79 bits per heavy atom. The first-order chi connectivity index (χ1) is 16.7. The number of hydrogen-bond donors (Lipinski definition) is 1. The highest BCUT2D eigenvalue weighted by molar-refractivity contribution is 7.16. The number of aromatic nitrogens is 2. The van der Waals surface area contributed by atoms with Gasteiger partial charge in [0.05, 0.1) is 21.2 Å². The van der Waals surface area contributed by atoms with Crippen molar-refractivity contribution in [3.63, 3.8) is 0 Å². The fourth-order valence-electron chi connectivity index (χ4n) is 4.78. The number of piperidine rings is 1. The van der Waals surface area contributed by atoms with Gasteiger partial charge in [-0.15, -0.1) is 11.3 Å². The van der Waals surface area contributed by atoms with E-state index in [0.717, 1.165) is 63.3 Å². The highest BCUT2D eigenvalue weighted by Crippen LogP contribution is 2.32. The van der Waals surface area contributed by atoms with Crippen molar-refractivity contribution in [2.75, 3.05) is 18.4 Å². The average Bonchev–Trinajstić information content (AvgIpc) is 3.34. The number of nitrogens with one attached hydrogen (secondary N) is 1. The largest absolute Gasteiger partial charge is 0.355 e. The molecule has 0 bridgehead atoms. The van der Waals surface area contributed by atoms with Gasteiger partial charge >= 0.3 is 0 Å². The van der Waals surface area contributed by atoms with E-state index in [1.54, 1.807) is 23.6 Å². The minimum atomic E-state index is -0.200. The van der Waals surface area contributed by atoms with Crippen molar-refractivity contribution in [1.29, 1.82) is 0 Å². The Hall–Kier alpha value is -3.35. The number of fused-ring (bicyclic) bond motifs is 2. The quantitative estimate of drug-likeness (QED) is 0.292. The molecule has 0 atom stereocenters. The molecule has 1 N–H and O–H groups in total. The summed E-state index contributed by atoms with van der Waals surface area (Å²) in [6.07, 6.45) is 5.60. The molecule has 3 aromatic carbocycles. The average molecular weight is 469 g/mol. The molecular formula is C28H25FN4S. The van der Waals surface area contributed by atoms with Crippen molar-refractivity contribution >= 4 is 43.8 Å². The van der Waals surface area contributed by atoms with Crippen LogP contribution >= 0.6 is 11.3 Å². The second-order valence-electron chi connectivity index (χ2n) is 8.90. The Labute approximate surface area is 202 Å². The van der Waals surface area contributed by atoms with E-state index < -0.39 is 0 Å². The summed E-state index contributed by atoms with van der Waals surface area (Å²) >= 11 is 1.63. The maximum atomic E-state index is 14.9. The van der Waals surface area contributed by atoms with E-state index >= 15 is 0 Å². The number of nitrogens with zero attached hydrogens (tertiary/aromatic N) is 3. The molecule has 1 fully saturated rings. The van der Waals surface area contributed by atoms with Crippen LogP contribution in [0.5, 0.6) is 0 Å². The lowest BCUT2D eigenvalue weighted by atomic mass is 9.99. The van der Waals surface area contributed by atoms with Gasteiger partial charge in [-0.05, 0) is 85.6 Å². The van der Waals surface area contributed by atoms with Crippen LogP contribution in [0, 0.1) is 5.82 Å². The predicted octanol–water partition coefficient (Wildman–Crippen LogP) is 7.38. The summed E-state index contributed by atoms with van der Waals surface area (Å²) in [5.41, 5.74) is 8.25. The Kier molecular flexibility index (Phi) is 5.69. The Morgan fingerprint density at radius 1 is 0.882 bits per heavy atom. The molecule has 1 saturated heterocycles. The molecule has 0 unspecified atom stereocenters. The molecule has 170 valence electrons. The summed E-state index contributed by atoms with van der Waals surface area (Å²) in [6, 6.07) is 19.6. The fourth-order valence-corrected chi connectivity index (χ4v) is 5.44. The summed E-state index contributed by atoms with van der Waals surface area (Å²) in [6.45, 7) is 3.11. The molecule has 4 nitrogen and oxygen atoms in total. The zero-order valence-electron chi connectivity index (χ0n) is 18.8. The molecule has 5 aromatic rings. The Morgan fingerprint density at radius 3 is 2.71 bits per heavy atom. The standard InChI is InChI=1S/C28H25FN4S/c29-24-7-4-19(17-33-12-2-1-3-13-33)14-22(24)20-5-8-25-23(15-20)26(10-11-30-25)32-21-6-9-28-27(16-21)31-18-34-28/h4-11,14-16,18H,1-3,12-13,17H2,(H,30,32). The topological polar surface area (TPSA) is 41.1 Å². The van der Waals surface area contributed by atoms with Gasteiger partial charge in [0.1, 0.15) is 5.82 Å². The number of hydrogen-bond acceptors (Lipinski definition) is 5. The second-order valence-corrected chi connectivity index (χ2v) is 9.79. The van der Waals surface area contributed by atoms with Crippen LogP contribution in [0.4, 0.5) is 15.8 Å². The van der Waals surface area contributed by atoms with Crippen molar-refractivity contribution in [3.05, 3.63) is 83.8 Å². The molecule has 0 spiro atoms. The third kappa shape index (κ3) is 4.27. The molecule has 1 aliphatic heterocycles. The van der Waals surface area contributed by atoms with Crippen molar-refractivity contribution < 1.29 is 4.39 Å². The fraction of sp³-hybridized carbons (Fsp3) is 0.214. The van der Waals surface area contributed by atoms with Crippen LogP contribution in [0.25, 0.3) is 32.2 Å². The maximum absolute atomic E-state index is 14.9. The van der Waals surface area contributed by atoms with Gasteiger partial charge in [-0.3, -0.25) is 9.88 Å². The van der Waals surface area contributed by atoms with Crippen molar-refractivity contribution in [3.8, 4) is 11.1 Å². The van der Waals surface area contributed by atoms with E-state index in [9.17, 15) is 4.39 Å². The van der Waals surface area contributed by atoms with Crippen molar-refractivity contribution in [2.24, 2.45) is 0 Å². The zero-order chi connectivity index (χ0) is 22.9. The lowest BCUT2D eigenvalue weighted by Gasteiger charge is -2.26. The van der Waals surface area contributed by atoms with Gasteiger partial charge in [0, 0.05) is 35.1 Å².